The second-order valence-electron chi connectivity index (χ2n) is 3.81. The van der Waals surface area contributed by atoms with E-state index in [9.17, 15) is 9.59 Å². The Kier molecular flexibility index (Phi) is 4.33. The lowest BCUT2D eigenvalue weighted by atomic mass is 9.89. The first-order valence-electron chi connectivity index (χ1n) is 4.92. The van der Waals surface area contributed by atoms with Gasteiger partial charge in [0.05, 0.1) is 13.5 Å². The van der Waals surface area contributed by atoms with Crippen LogP contribution in [-0.2, 0) is 14.3 Å². The molecule has 1 aliphatic carbocycles. The van der Waals surface area contributed by atoms with Crippen LogP contribution in [0.2, 0.25) is 0 Å². The van der Waals surface area contributed by atoms with Crippen molar-refractivity contribution in [2.45, 2.75) is 18.2 Å². The third-order valence-corrected chi connectivity index (χ3v) is 3.54. The minimum absolute atomic E-state index is 0.0830. The Morgan fingerprint density at radius 1 is 1.67 bits per heavy atom. The summed E-state index contributed by atoms with van der Waals surface area (Å²) in [5, 5.41) is -0.151. The topological polar surface area (TPSA) is 43.4 Å². The number of allylic oxidation sites excluding steroid dienone is 1. The van der Waals surface area contributed by atoms with Crippen molar-refractivity contribution in [3.05, 3.63) is 12.7 Å². The van der Waals surface area contributed by atoms with Gasteiger partial charge in [-0.1, -0.05) is 6.08 Å². The minimum atomic E-state index is -0.317. The van der Waals surface area contributed by atoms with Crippen LogP contribution in [0.25, 0.3) is 0 Å². The number of aldehydes is 1. The molecule has 1 rings (SSSR count). The van der Waals surface area contributed by atoms with Crippen molar-refractivity contribution < 1.29 is 14.3 Å². The van der Waals surface area contributed by atoms with E-state index in [1.807, 2.05) is 0 Å². The fourth-order valence-electron chi connectivity index (χ4n) is 2.15. The van der Waals surface area contributed by atoms with Gasteiger partial charge >= 0.3 is 5.97 Å². The summed E-state index contributed by atoms with van der Waals surface area (Å²) in [6.07, 6.45) is 3.53. The zero-order valence-corrected chi connectivity index (χ0v) is 9.44. The van der Waals surface area contributed by atoms with Crippen molar-refractivity contribution in [1.82, 2.24) is 0 Å². The van der Waals surface area contributed by atoms with E-state index >= 15 is 0 Å². The van der Waals surface area contributed by atoms with Gasteiger partial charge in [-0.25, -0.2) is 0 Å². The van der Waals surface area contributed by atoms with Crippen molar-refractivity contribution in [2.75, 3.05) is 7.11 Å². The van der Waals surface area contributed by atoms with E-state index in [0.29, 0.717) is 6.42 Å². The lowest BCUT2D eigenvalue weighted by molar-refractivity contribution is -0.142. The number of ether oxygens (including phenoxy) is 1. The monoisotopic (exact) mass is 230 g/mol. The van der Waals surface area contributed by atoms with Crippen LogP contribution in [-0.4, -0.2) is 24.7 Å². The standard InChI is InChI=1S/C11H15ClO3/c1-3-7-4-10(12)8(9(7)6-13)5-11(14)15-2/h3,6-10H,1,4-5H2,2H3/t7-,8-,9+,10-/m1/s1. The quantitative estimate of drug-likeness (QED) is 0.320. The molecule has 1 fully saturated rings. The molecule has 0 N–H and O–H groups in total. The Hall–Kier alpha value is -0.830. The van der Waals surface area contributed by atoms with Gasteiger partial charge in [-0.3, -0.25) is 4.79 Å². The molecule has 0 saturated heterocycles. The highest BCUT2D eigenvalue weighted by molar-refractivity contribution is 6.21. The average molecular weight is 231 g/mol. The number of halogens is 1. The SMILES string of the molecule is C=C[C@@H]1C[C@@H](Cl)[C@H](CC(=O)OC)[C@H]1C=O. The molecule has 15 heavy (non-hydrogen) atoms. The highest BCUT2D eigenvalue weighted by Gasteiger charge is 2.41. The Labute approximate surface area is 94.4 Å². The van der Waals surface area contributed by atoms with Gasteiger partial charge in [0.15, 0.2) is 0 Å². The molecule has 0 bridgehead atoms. The maximum atomic E-state index is 11.1. The van der Waals surface area contributed by atoms with Crippen LogP contribution < -0.4 is 0 Å². The lowest BCUT2D eigenvalue weighted by Crippen LogP contribution is -2.22. The van der Waals surface area contributed by atoms with Gasteiger partial charge in [0.2, 0.25) is 0 Å². The van der Waals surface area contributed by atoms with Gasteiger partial charge in [0.1, 0.15) is 6.29 Å². The molecule has 3 nitrogen and oxygen atoms in total. The Morgan fingerprint density at radius 2 is 2.33 bits per heavy atom. The van der Waals surface area contributed by atoms with Crippen LogP contribution in [0, 0.1) is 17.8 Å². The molecule has 0 aromatic rings. The second-order valence-corrected chi connectivity index (χ2v) is 4.37. The molecule has 0 aliphatic heterocycles. The first-order valence-corrected chi connectivity index (χ1v) is 5.36. The van der Waals surface area contributed by atoms with Gasteiger partial charge in [-0.05, 0) is 18.3 Å². The summed E-state index contributed by atoms with van der Waals surface area (Å²) >= 11 is 6.11. The van der Waals surface area contributed by atoms with Gasteiger partial charge in [-0.15, -0.1) is 18.2 Å². The van der Waals surface area contributed by atoms with Crippen LogP contribution in [0.1, 0.15) is 12.8 Å². The third-order valence-electron chi connectivity index (χ3n) is 3.04. The van der Waals surface area contributed by atoms with E-state index in [-0.39, 0.29) is 35.5 Å². The Bertz CT molecular complexity index is 265. The van der Waals surface area contributed by atoms with Gasteiger partial charge in [0, 0.05) is 11.3 Å². The zero-order valence-electron chi connectivity index (χ0n) is 8.69. The van der Waals surface area contributed by atoms with E-state index in [2.05, 4.69) is 11.3 Å². The van der Waals surface area contributed by atoms with Crippen LogP contribution in [0.15, 0.2) is 12.7 Å². The molecule has 0 amide bonds. The van der Waals surface area contributed by atoms with E-state index in [1.165, 1.54) is 7.11 Å². The van der Waals surface area contributed by atoms with Crippen LogP contribution in [0.5, 0.6) is 0 Å². The summed E-state index contributed by atoms with van der Waals surface area (Å²) in [4.78, 5) is 22.1. The van der Waals surface area contributed by atoms with Crippen molar-refractivity contribution in [3.8, 4) is 0 Å². The minimum Gasteiger partial charge on any atom is -0.469 e. The first kappa shape index (κ1) is 12.2. The summed E-state index contributed by atoms with van der Waals surface area (Å²) in [6.45, 7) is 3.68. The van der Waals surface area contributed by atoms with Gasteiger partial charge < -0.3 is 9.53 Å². The predicted molar refractivity (Wildman–Crippen MR) is 57.6 cm³/mol. The molecule has 0 aromatic carbocycles. The van der Waals surface area contributed by atoms with Gasteiger partial charge in [-0.2, -0.15) is 0 Å². The summed E-state index contributed by atoms with van der Waals surface area (Å²) in [6, 6.07) is 0. The molecule has 84 valence electrons. The first-order chi connectivity index (χ1) is 7.13. The molecule has 1 aliphatic rings. The fraction of sp³-hybridized carbons (Fsp3) is 0.636. The predicted octanol–water partition coefficient (Wildman–Crippen LogP) is 1.79. The summed E-state index contributed by atoms with van der Waals surface area (Å²) < 4.78 is 4.58. The number of hydrogen-bond acceptors (Lipinski definition) is 3. The number of esters is 1. The van der Waals surface area contributed by atoms with Crippen molar-refractivity contribution >= 4 is 23.9 Å². The number of carbonyl (C=O) groups excluding carboxylic acids is 2. The normalized spacial score (nSPS) is 34.8. The fourth-order valence-corrected chi connectivity index (χ4v) is 2.61. The Balaban J connectivity index is 2.72. The van der Waals surface area contributed by atoms with E-state index in [1.54, 1.807) is 6.08 Å². The Morgan fingerprint density at radius 3 is 2.80 bits per heavy atom. The summed E-state index contributed by atoms with van der Waals surface area (Å²) in [5.74, 6) is -0.564. The molecule has 0 unspecified atom stereocenters. The molecule has 0 aromatic heterocycles. The molecule has 0 radical (unpaired) electrons. The van der Waals surface area contributed by atoms with E-state index in [0.717, 1.165) is 6.29 Å². The van der Waals surface area contributed by atoms with Crippen LogP contribution in [0.4, 0.5) is 0 Å². The maximum absolute atomic E-state index is 11.1. The van der Waals surface area contributed by atoms with E-state index in [4.69, 9.17) is 11.6 Å². The summed E-state index contributed by atoms with van der Waals surface area (Å²) in [7, 11) is 1.33. The smallest absolute Gasteiger partial charge is 0.305 e. The molecular formula is C11H15ClO3. The van der Waals surface area contributed by atoms with Crippen LogP contribution in [0.3, 0.4) is 0 Å². The number of rotatable bonds is 4. The zero-order chi connectivity index (χ0) is 11.4. The number of alkyl halides is 1. The molecule has 4 atom stereocenters. The third kappa shape index (κ3) is 2.59. The van der Waals surface area contributed by atoms with E-state index < -0.39 is 0 Å². The molecule has 0 heterocycles. The largest absolute Gasteiger partial charge is 0.469 e. The molecule has 0 spiro atoms. The molecule has 4 heteroatoms. The summed E-state index contributed by atoms with van der Waals surface area (Å²) in [5.41, 5.74) is 0. The maximum Gasteiger partial charge on any atom is 0.305 e. The molecule has 1 saturated carbocycles. The second kappa shape index (κ2) is 5.31. The number of hydrogen-bond donors (Lipinski definition) is 0. The number of carbonyl (C=O) groups is 2. The van der Waals surface area contributed by atoms with Crippen molar-refractivity contribution in [3.63, 3.8) is 0 Å². The highest BCUT2D eigenvalue weighted by atomic mass is 35.5. The lowest BCUT2D eigenvalue weighted by Gasteiger charge is -2.17. The highest BCUT2D eigenvalue weighted by Crippen LogP contribution is 2.41. The van der Waals surface area contributed by atoms with Crippen LogP contribution >= 0.6 is 11.6 Å². The molecular weight excluding hydrogens is 216 g/mol. The van der Waals surface area contributed by atoms with Crippen molar-refractivity contribution in [2.24, 2.45) is 17.8 Å². The van der Waals surface area contributed by atoms with Crippen molar-refractivity contribution in [1.29, 1.82) is 0 Å². The number of methoxy groups -OCH3 is 1. The van der Waals surface area contributed by atoms with Gasteiger partial charge in [0.25, 0.3) is 0 Å². The average Bonchev–Trinajstić information content (AvgIpc) is 2.55.